The highest BCUT2D eigenvalue weighted by Gasteiger charge is 2.37. The van der Waals surface area contributed by atoms with Crippen molar-refractivity contribution >= 4 is 12.0 Å². The summed E-state index contributed by atoms with van der Waals surface area (Å²) < 4.78 is 17.1. The van der Waals surface area contributed by atoms with Gasteiger partial charge in [-0.3, -0.25) is 4.79 Å². The van der Waals surface area contributed by atoms with Crippen LogP contribution in [0.4, 0.5) is 9.18 Å². The number of carbonyl (C=O) groups excluding carboxylic acids is 2. The smallest absolute Gasteiger partial charge is 0.409 e. The fourth-order valence-corrected chi connectivity index (χ4v) is 5.05. The van der Waals surface area contributed by atoms with Gasteiger partial charge >= 0.3 is 6.09 Å². The molecule has 0 saturated carbocycles. The van der Waals surface area contributed by atoms with Crippen molar-refractivity contribution in [3.05, 3.63) is 23.9 Å². The molecule has 0 aromatic carbocycles. The lowest BCUT2D eigenvalue weighted by Crippen LogP contribution is -2.52. The summed E-state index contributed by atoms with van der Waals surface area (Å²) in [7, 11) is 0. The second-order valence-corrected chi connectivity index (χ2v) is 8.53. The number of carbonyl (C=O) groups is 2. The number of hydrogen-bond acceptors (Lipinski definition) is 4. The van der Waals surface area contributed by atoms with E-state index >= 15 is 0 Å². The molecule has 168 valence electrons. The Morgan fingerprint density at radius 2 is 1.83 bits per heavy atom. The number of hydrogen-bond donors (Lipinski definition) is 0. The Labute approximate surface area is 179 Å². The van der Waals surface area contributed by atoms with E-state index in [1.54, 1.807) is 4.90 Å². The van der Waals surface area contributed by atoms with E-state index in [2.05, 4.69) is 18.4 Å². The predicted octanol–water partition coefficient (Wildman–Crippen LogP) is 3.88. The number of piperidine rings is 2. The maximum Gasteiger partial charge on any atom is 0.409 e. The molecular formula is C23H36FN3O3. The summed E-state index contributed by atoms with van der Waals surface area (Å²) in [6.45, 7) is 8.62. The first-order chi connectivity index (χ1) is 14.6. The minimum atomic E-state index is -0.639. The molecule has 0 atom stereocenters. The number of rotatable bonds is 8. The highest BCUT2D eigenvalue weighted by Crippen LogP contribution is 2.34. The van der Waals surface area contributed by atoms with Gasteiger partial charge in [-0.15, -0.1) is 0 Å². The van der Waals surface area contributed by atoms with Crippen LogP contribution >= 0.6 is 0 Å². The number of amides is 2. The molecule has 0 bridgehead atoms. The van der Waals surface area contributed by atoms with Crippen LogP contribution in [0.5, 0.6) is 0 Å². The monoisotopic (exact) mass is 421 g/mol. The van der Waals surface area contributed by atoms with E-state index in [1.807, 2.05) is 11.0 Å². The molecule has 0 N–H and O–H groups in total. The Balaban J connectivity index is 1.49. The number of allylic oxidation sites excluding steroid dienone is 1. The molecule has 0 unspecified atom stereocenters. The summed E-state index contributed by atoms with van der Waals surface area (Å²) in [6.07, 6.45) is 9.04. The number of ether oxygens (including phenoxy) is 1. The van der Waals surface area contributed by atoms with Crippen molar-refractivity contribution in [3.8, 4) is 0 Å². The zero-order valence-corrected chi connectivity index (χ0v) is 18.3. The molecule has 0 aromatic heterocycles. The van der Waals surface area contributed by atoms with Crippen LogP contribution in [-0.2, 0) is 9.53 Å². The van der Waals surface area contributed by atoms with Crippen LogP contribution < -0.4 is 0 Å². The second-order valence-electron chi connectivity index (χ2n) is 8.53. The standard InChI is InChI=1S/C23H36FN3O3/c1-3-5-6-18-17-22(28)27(21(18)4-2)20-9-12-25(13-10-20)19-7-14-26(15-8-19)23(29)30-16-11-24/h4,19-20H,2-3,5-17H2,1H3. The van der Waals surface area contributed by atoms with Crippen LogP contribution in [0.25, 0.3) is 0 Å². The fourth-order valence-electron chi connectivity index (χ4n) is 5.05. The van der Waals surface area contributed by atoms with Crippen molar-refractivity contribution in [2.24, 2.45) is 0 Å². The summed E-state index contributed by atoms with van der Waals surface area (Å²) in [6, 6.07) is 0.719. The van der Waals surface area contributed by atoms with E-state index in [1.165, 1.54) is 5.57 Å². The SMILES string of the molecule is C=CC1=C(CCCC)CC(=O)N1C1CCN(C2CCN(C(=O)OCCF)CC2)CC1. The number of likely N-dealkylation sites (tertiary alicyclic amines) is 2. The third-order valence-corrected chi connectivity index (χ3v) is 6.69. The number of halogens is 1. The lowest BCUT2D eigenvalue weighted by atomic mass is 9.97. The maximum absolute atomic E-state index is 12.7. The van der Waals surface area contributed by atoms with E-state index in [0.717, 1.165) is 63.7 Å². The minimum absolute atomic E-state index is 0.164. The molecular weight excluding hydrogens is 385 g/mol. The van der Waals surface area contributed by atoms with Crippen molar-refractivity contribution in [3.63, 3.8) is 0 Å². The molecule has 3 heterocycles. The Hall–Kier alpha value is -1.89. The third-order valence-electron chi connectivity index (χ3n) is 6.69. The molecule has 3 aliphatic heterocycles. The van der Waals surface area contributed by atoms with E-state index in [4.69, 9.17) is 4.74 Å². The van der Waals surface area contributed by atoms with Crippen LogP contribution in [-0.4, -0.2) is 78.2 Å². The molecule has 0 spiro atoms. The van der Waals surface area contributed by atoms with Gasteiger partial charge in [0.25, 0.3) is 0 Å². The molecule has 0 aromatic rings. The number of nitrogens with zero attached hydrogens (tertiary/aromatic N) is 3. The maximum atomic E-state index is 12.7. The number of unbranched alkanes of at least 4 members (excludes halogenated alkanes) is 1. The van der Waals surface area contributed by atoms with E-state index < -0.39 is 12.8 Å². The number of alkyl halides is 1. The van der Waals surface area contributed by atoms with Crippen LogP contribution in [0.2, 0.25) is 0 Å². The molecule has 3 rings (SSSR count). The molecule has 2 amide bonds. The Morgan fingerprint density at radius 1 is 1.17 bits per heavy atom. The third kappa shape index (κ3) is 5.23. The first-order valence-electron chi connectivity index (χ1n) is 11.5. The van der Waals surface area contributed by atoms with Gasteiger partial charge in [-0.25, -0.2) is 9.18 Å². The molecule has 7 heteroatoms. The quantitative estimate of drug-likeness (QED) is 0.597. The highest BCUT2D eigenvalue weighted by atomic mass is 19.1. The van der Waals surface area contributed by atoms with Gasteiger partial charge < -0.3 is 19.4 Å². The molecule has 0 aliphatic carbocycles. The van der Waals surface area contributed by atoms with Crippen LogP contribution in [0.15, 0.2) is 23.9 Å². The van der Waals surface area contributed by atoms with Gasteiger partial charge in [-0.1, -0.05) is 19.9 Å². The van der Waals surface area contributed by atoms with Crippen LogP contribution in [0.1, 0.15) is 58.3 Å². The van der Waals surface area contributed by atoms with Gasteiger partial charge in [0, 0.05) is 44.0 Å². The normalized spacial score (nSPS) is 22.1. The summed E-state index contributed by atoms with van der Waals surface area (Å²) in [5, 5.41) is 0. The summed E-state index contributed by atoms with van der Waals surface area (Å²) >= 11 is 0. The Morgan fingerprint density at radius 3 is 2.43 bits per heavy atom. The molecule has 2 saturated heterocycles. The minimum Gasteiger partial charge on any atom is -0.447 e. The van der Waals surface area contributed by atoms with Crippen LogP contribution in [0, 0.1) is 0 Å². The van der Waals surface area contributed by atoms with Crippen molar-refractivity contribution in [2.45, 2.75) is 70.4 Å². The van der Waals surface area contributed by atoms with Gasteiger partial charge in [0.2, 0.25) is 5.91 Å². The summed E-state index contributed by atoms with van der Waals surface area (Å²) in [4.78, 5) is 30.8. The Kier molecular flexibility index (Phi) is 8.31. The van der Waals surface area contributed by atoms with Gasteiger partial charge in [0.15, 0.2) is 0 Å². The van der Waals surface area contributed by atoms with Crippen LogP contribution in [0.3, 0.4) is 0 Å². The zero-order chi connectivity index (χ0) is 21.5. The van der Waals surface area contributed by atoms with E-state index in [-0.39, 0.29) is 18.6 Å². The first-order valence-corrected chi connectivity index (χ1v) is 11.5. The van der Waals surface area contributed by atoms with Crippen molar-refractivity contribution < 1.29 is 18.7 Å². The van der Waals surface area contributed by atoms with Gasteiger partial charge in [-0.05, 0) is 50.2 Å². The summed E-state index contributed by atoms with van der Waals surface area (Å²) in [5.41, 5.74) is 2.32. The average Bonchev–Trinajstić information content (AvgIpc) is 3.11. The molecule has 0 radical (unpaired) electrons. The van der Waals surface area contributed by atoms with Crippen molar-refractivity contribution in [1.29, 1.82) is 0 Å². The molecule has 3 aliphatic rings. The predicted molar refractivity (Wildman–Crippen MR) is 115 cm³/mol. The molecule has 30 heavy (non-hydrogen) atoms. The summed E-state index contributed by atoms with van der Waals surface area (Å²) in [5.74, 6) is 0.231. The lowest BCUT2D eigenvalue weighted by molar-refractivity contribution is -0.129. The van der Waals surface area contributed by atoms with Gasteiger partial charge in [-0.2, -0.15) is 0 Å². The fraction of sp³-hybridized carbons (Fsp3) is 0.739. The largest absolute Gasteiger partial charge is 0.447 e. The topological polar surface area (TPSA) is 53.1 Å². The second kappa shape index (κ2) is 10.9. The van der Waals surface area contributed by atoms with E-state index in [0.29, 0.717) is 25.6 Å². The zero-order valence-electron chi connectivity index (χ0n) is 18.3. The first kappa shape index (κ1) is 22.8. The van der Waals surface area contributed by atoms with Gasteiger partial charge in [0.1, 0.15) is 13.3 Å². The average molecular weight is 422 g/mol. The highest BCUT2D eigenvalue weighted by molar-refractivity contribution is 5.85. The van der Waals surface area contributed by atoms with Crippen molar-refractivity contribution in [1.82, 2.24) is 14.7 Å². The molecule has 6 nitrogen and oxygen atoms in total. The Bertz CT molecular complexity index is 650. The van der Waals surface area contributed by atoms with E-state index in [9.17, 15) is 14.0 Å². The lowest BCUT2D eigenvalue weighted by Gasteiger charge is -2.43. The molecule has 2 fully saturated rings. The van der Waals surface area contributed by atoms with Crippen molar-refractivity contribution in [2.75, 3.05) is 39.5 Å². The van der Waals surface area contributed by atoms with Gasteiger partial charge in [0.05, 0.1) is 6.42 Å².